The molecule has 0 aliphatic carbocycles. The van der Waals surface area contributed by atoms with Gasteiger partial charge in [0, 0.05) is 94.6 Å². The van der Waals surface area contributed by atoms with Crippen LogP contribution in [0.1, 0.15) is 363 Å². The van der Waals surface area contributed by atoms with Crippen LogP contribution in [0.25, 0.3) is 0 Å². The first-order valence-electron chi connectivity index (χ1n) is 40.5. The average molecular weight is 1550 g/mol. The summed E-state index contributed by atoms with van der Waals surface area (Å²) in [5, 5.41) is 47.7. The standard InChI is InChI=1S/C8H13N.5C7H12N2.3C6H11N3.C5H10N4.10C2H6/c1-8(2,3)9-6-4-5-7-9;1-7(2,3)6-4-8-5-9-6;1-7(2,3)6-4-8-9-5-6;1-7(2,3)9-5-4-8-6-9;1-7(2,3)9-6-4-5-8-9;1-7(2,3)6-4-5-8-9-6;1-6(2,3)9-4-7-8-5-9;1-6(2,3)9-5-7-4-8-9;1-6(2,3)9-7-4-5-8-9;1-5(2,3)9-4-6-7-8-9;10*1-2/h4-7H,1-3H3;2*4-5H,1-3H3,(H,8,9);2*4-6H,1-3H3;4-5H,1-3H3,(H,8,9);3*4-5H,1-3H3;4H,1-3H3;10*1-2H3. The van der Waals surface area contributed by atoms with Crippen molar-refractivity contribution in [1.29, 1.82) is 0 Å². The highest BCUT2D eigenvalue weighted by atomic mass is 15.5. The summed E-state index contributed by atoms with van der Waals surface area (Å²) < 4.78 is 11.7. The molecule has 640 valence electrons. The minimum Gasteiger partial charge on any atom is -0.349 e. The Kier molecular flexibility index (Phi) is 75.5. The number of hydrogen-bond donors (Lipinski definition) is 3. The van der Waals surface area contributed by atoms with E-state index in [-0.39, 0.29) is 55.0 Å². The summed E-state index contributed by atoms with van der Waals surface area (Å²) >= 11 is 0. The van der Waals surface area contributed by atoms with Crippen molar-refractivity contribution in [3.8, 4) is 0 Å². The fraction of sp³-hybridized carbons (Fsp3) is 0.698. The van der Waals surface area contributed by atoms with E-state index in [4.69, 9.17) is 0 Å². The Balaban J connectivity index is -0.000000123. The van der Waals surface area contributed by atoms with Crippen LogP contribution < -0.4 is 0 Å². The Hall–Kier alpha value is -8.18. The Morgan fingerprint density at radius 2 is 0.755 bits per heavy atom. The molecule has 0 amide bonds. The molecule has 10 aromatic rings. The highest BCUT2D eigenvalue weighted by Crippen LogP contribution is 2.21. The lowest BCUT2D eigenvalue weighted by atomic mass is 9.90. The van der Waals surface area contributed by atoms with Crippen molar-refractivity contribution in [1.82, 2.24) is 119 Å². The number of nitrogens with zero attached hydrogens (tertiary/aromatic N) is 21. The molecule has 0 aromatic carbocycles. The van der Waals surface area contributed by atoms with Gasteiger partial charge in [-0.2, -0.15) is 35.4 Å². The maximum Gasteiger partial charge on any atom is 0.138 e. The molecule has 24 heteroatoms. The Bertz CT molecular complexity index is 2440. The molecule has 0 radical (unpaired) electrons. The minimum absolute atomic E-state index is 0.00347. The van der Waals surface area contributed by atoms with Gasteiger partial charge in [-0.1, -0.05) is 201 Å². The van der Waals surface area contributed by atoms with E-state index < -0.39 is 0 Å². The van der Waals surface area contributed by atoms with Gasteiger partial charge in [-0.15, -0.1) is 15.3 Å². The van der Waals surface area contributed by atoms with E-state index in [9.17, 15) is 0 Å². The highest BCUT2D eigenvalue weighted by Gasteiger charge is 2.18. The lowest BCUT2D eigenvalue weighted by molar-refractivity contribution is 0.312. The molecule has 110 heavy (non-hydrogen) atoms. The number of aromatic nitrogens is 24. The molecule has 0 saturated heterocycles. The van der Waals surface area contributed by atoms with Crippen LogP contribution in [-0.2, 0) is 55.0 Å². The van der Waals surface area contributed by atoms with Gasteiger partial charge in [0.15, 0.2) is 0 Å². The van der Waals surface area contributed by atoms with Gasteiger partial charge in [-0.3, -0.25) is 14.9 Å². The Morgan fingerprint density at radius 3 is 0.936 bits per heavy atom. The van der Waals surface area contributed by atoms with E-state index in [1.54, 1.807) is 78.4 Å². The van der Waals surface area contributed by atoms with E-state index >= 15 is 0 Å². The maximum atomic E-state index is 4.10. The summed E-state index contributed by atoms with van der Waals surface area (Å²) in [5.74, 6) is 0. The van der Waals surface area contributed by atoms with Crippen molar-refractivity contribution >= 4 is 0 Å². The second-order valence-electron chi connectivity index (χ2n) is 31.2. The molecule has 0 aliphatic rings. The third kappa shape index (κ3) is 65.7. The summed E-state index contributed by atoms with van der Waals surface area (Å²) in [7, 11) is 0. The van der Waals surface area contributed by atoms with Crippen LogP contribution in [0.4, 0.5) is 0 Å². The molecule has 24 nitrogen and oxygen atoms in total. The molecular weight excluding hydrogens is 1370 g/mol. The molecule has 0 spiro atoms. The minimum atomic E-state index is 0.00347. The third-order valence-electron chi connectivity index (χ3n) is 12.2. The predicted molar refractivity (Wildman–Crippen MR) is 477 cm³/mol. The van der Waals surface area contributed by atoms with E-state index in [0.717, 1.165) is 0 Å². The van der Waals surface area contributed by atoms with Gasteiger partial charge in [0.25, 0.3) is 0 Å². The number of hydrogen-bond acceptors (Lipinski definition) is 14. The van der Waals surface area contributed by atoms with Crippen molar-refractivity contribution < 1.29 is 0 Å². The van der Waals surface area contributed by atoms with Crippen LogP contribution in [-0.4, -0.2) is 119 Å². The smallest absolute Gasteiger partial charge is 0.138 e. The molecule has 0 aliphatic heterocycles. The SMILES string of the molecule is CC.CC.CC.CC.CC.CC.CC.CC.CC.CC.CC(C)(C)c1ccn[nH]1.CC(C)(C)c1cn[nH]c1.CC(C)(C)c1cnc[nH]1.CC(C)(C)n1cccc1.CC(C)(C)n1cccn1.CC(C)(C)n1ccnc1.CC(C)(C)n1cncn1.CC(C)(C)n1cnnc1.CC(C)(C)n1cnnn1.CC(C)(C)n1nccn1. The molecule has 0 saturated carbocycles. The van der Waals surface area contributed by atoms with Crippen molar-refractivity contribution in [2.45, 2.75) is 401 Å². The van der Waals surface area contributed by atoms with Crippen molar-refractivity contribution in [2.75, 3.05) is 0 Å². The van der Waals surface area contributed by atoms with E-state index in [1.807, 2.05) is 235 Å². The molecule has 0 atom stereocenters. The Morgan fingerprint density at radius 1 is 0.309 bits per heavy atom. The average Bonchev–Trinajstić information content (AvgIpc) is 1.84. The van der Waals surface area contributed by atoms with Gasteiger partial charge in [0.05, 0.1) is 53.4 Å². The summed E-state index contributed by atoms with van der Waals surface area (Å²) in [5.41, 5.74) is 5.00. The van der Waals surface area contributed by atoms with Gasteiger partial charge in [-0.05, 0) is 191 Å². The van der Waals surface area contributed by atoms with Gasteiger partial charge in [0.2, 0.25) is 0 Å². The van der Waals surface area contributed by atoms with Crippen LogP contribution in [0.5, 0.6) is 0 Å². The van der Waals surface area contributed by atoms with Gasteiger partial charge in [-0.25, -0.2) is 24.3 Å². The van der Waals surface area contributed by atoms with Crippen LogP contribution in [0, 0.1) is 0 Å². The summed E-state index contributed by atoms with van der Waals surface area (Å²) in [6.07, 6.45) is 34.4. The molecule has 10 rings (SSSR count). The number of H-pyrrole nitrogens is 3. The lowest BCUT2D eigenvalue weighted by Crippen LogP contribution is -2.24. The quantitative estimate of drug-likeness (QED) is 0.128. The lowest BCUT2D eigenvalue weighted by Gasteiger charge is -2.20. The summed E-state index contributed by atoms with van der Waals surface area (Å²) in [6, 6.07) is 8.03. The fourth-order valence-electron chi connectivity index (χ4n) is 6.24. The first-order chi connectivity index (χ1) is 51.1. The number of nitrogens with one attached hydrogen (secondary N) is 3. The van der Waals surface area contributed by atoms with Crippen LogP contribution >= 0.6 is 0 Å². The molecular formula is C86H176N24. The van der Waals surface area contributed by atoms with E-state index in [0.29, 0.717) is 0 Å². The molecule has 10 aromatic heterocycles. The molecule has 10 heterocycles. The zero-order chi connectivity index (χ0) is 89.1. The van der Waals surface area contributed by atoms with Crippen molar-refractivity contribution in [3.63, 3.8) is 0 Å². The zero-order valence-corrected chi connectivity index (χ0v) is 80.7. The van der Waals surface area contributed by atoms with E-state index in [1.165, 1.54) is 17.0 Å². The van der Waals surface area contributed by atoms with Crippen LogP contribution in [0.2, 0.25) is 0 Å². The normalized spacial score (nSPS) is 10.3. The van der Waals surface area contributed by atoms with Crippen LogP contribution in [0.15, 0.2) is 143 Å². The largest absolute Gasteiger partial charge is 0.349 e. The first kappa shape index (κ1) is 123. The fourth-order valence-corrected chi connectivity index (χ4v) is 6.24. The topological polar surface area (TPSA) is 262 Å². The van der Waals surface area contributed by atoms with Gasteiger partial charge in [0.1, 0.15) is 31.6 Å². The molecule has 0 bridgehead atoms. The highest BCUT2D eigenvalue weighted by molar-refractivity contribution is 5.14. The van der Waals surface area contributed by atoms with Gasteiger partial charge < -0.3 is 18.7 Å². The first-order valence-corrected chi connectivity index (χ1v) is 40.5. The molecule has 0 unspecified atom stereocenters. The van der Waals surface area contributed by atoms with Crippen LogP contribution in [0.3, 0.4) is 0 Å². The van der Waals surface area contributed by atoms with Crippen molar-refractivity contribution in [2.24, 2.45) is 0 Å². The third-order valence-corrected chi connectivity index (χ3v) is 12.2. The number of rotatable bonds is 0. The summed E-state index contributed by atoms with van der Waals surface area (Å²) in [4.78, 5) is 16.5. The predicted octanol–water partition coefficient (Wildman–Crippen LogP) is 24.4. The number of tetrazole rings is 1. The number of imidazole rings is 2. The van der Waals surface area contributed by atoms with Gasteiger partial charge >= 0.3 is 0 Å². The maximum absolute atomic E-state index is 4.10. The Labute approximate surface area is 676 Å². The second kappa shape index (κ2) is 67.7. The van der Waals surface area contributed by atoms with E-state index in [2.05, 4.69) is 295 Å². The van der Waals surface area contributed by atoms with Crippen molar-refractivity contribution in [3.05, 3.63) is 160 Å². The number of aromatic amines is 3. The molecule has 0 fully saturated rings. The zero-order valence-electron chi connectivity index (χ0n) is 80.7. The summed E-state index contributed by atoms with van der Waals surface area (Å²) in [6.45, 7) is 104. The molecule has 3 N–H and O–H groups in total. The monoisotopic (exact) mass is 1550 g/mol. The second-order valence-corrected chi connectivity index (χ2v) is 31.2.